The maximum atomic E-state index is 12.2. The zero-order valence-corrected chi connectivity index (χ0v) is 11.9. The third-order valence-electron chi connectivity index (χ3n) is 3.65. The first-order valence-corrected chi connectivity index (χ1v) is 6.76. The number of aliphatic hydroxyl groups is 1. The van der Waals surface area contributed by atoms with Gasteiger partial charge in [0, 0.05) is 12.1 Å². The van der Waals surface area contributed by atoms with Crippen LogP contribution >= 0.6 is 0 Å². The van der Waals surface area contributed by atoms with Crippen molar-refractivity contribution in [3.8, 4) is 0 Å². The van der Waals surface area contributed by atoms with Crippen LogP contribution in [-0.4, -0.2) is 59.1 Å². The van der Waals surface area contributed by atoms with Crippen LogP contribution in [0.1, 0.15) is 33.6 Å². The Balaban J connectivity index is 2.06. The molecule has 0 aromatic carbocycles. The van der Waals surface area contributed by atoms with E-state index in [0.717, 1.165) is 0 Å². The molecule has 1 amide bonds. The van der Waals surface area contributed by atoms with E-state index in [1.807, 2.05) is 20.8 Å². The molecule has 1 heterocycles. The van der Waals surface area contributed by atoms with Crippen molar-refractivity contribution < 1.29 is 19.4 Å². The van der Waals surface area contributed by atoms with E-state index in [9.17, 15) is 9.90 Å². The maximum Gasteiger partial charge on any atom is 0.410 e. The first-order valence-electron chi connectivity index (χ1n) is 6.76. The summed E-state index contributed by atoms with van der Waals surface area (Å²) in [6.45, 7) is 6.90. The van der Waals surface area contributed by atoms with E-state index in [-0.39, 0.29) is 18.2 Å². The summed E-state index contributed by atoms with van der Waals surface area (Å²) in [5.41, 5.74) is 5.18. The number of ether oxygens (including phenoxy) is 2. The lowest BCUT2D eigenvalue weighted by Crippen LogP contribution is -2.70. The standard InChI is InChI=1S/C13H24N2O4/c1-12(2,3)19-11(17)15-4-5-18-8-10(15)13(14)6-9(16)7-13/h9-10,16H,4-8,14H2,1-3H3. The molecule has 2 rings (SSSR count). The molecule has 110 valence electrons. The largest absolute Gasteiger partial charge is 0.444 e. The Bertz CT molecular complexity index is 347. The van der Waals surface area contributed by atoms with Crippen molar-refractivity contribution in [2.45, 2.75) is 56.9 Å². The molecule has 2 aliphatic rings. The van der Waals surface area contributed by atoms with Gasteiger partial charge in [0.05, 0.1) is 25.4 Å². The van der Waals surface area contributed by atoms with Gasteiger partial charge in [-0.15, -0.1) is 0 Å². The highest BCUT2D eigenvalue weighted by Gasteiger charge is 2.51. The predicted molar refractivity (Wildman–Crippen MR) is 69.7 cm³/mol. The van der Waals surface area contributed by atoms with Crippen LogP contribution in [0.25, 0.3) is 0 Å². The predicted octanol–water partition coefficient (Wildman–Crippen LogP) is 0.475. The highest BCUT2D eigenvalue weighted by Crippen LogP contribution is 2.36. The fourth-order valence-corrected chi connectivity index (χ4v) is 2.71. The van der Waals surface area contributed by atoms with Crippen molar-refractivity contribution >= 4 is 6.09 Å². The fourth-order valence-electron chi connectivity index (χ4n) is 2.71. The number of hydrogen-bond acceptors (Lipinski definition) is 5. The van der Waals surface area contributed by atoms with E-state index < -0.39 is 11.1 Å². The molecule has 1 aliphatic carbocycles. The van der Waals surface area contributed by atoms with Crippen LogP contribution in [-0.2, 0) is 9.47 Å². The Morgan fingerprint density at radius 1 is 1.47 bits per heavy atom. The van der Waals surface area contributed by atoms with Crippen LogP contribution in [0.2, 0.25) is 0 Å². The molecular weight excluding hydrogens is 248 g/mol. The molecule has 1 unspecified atom stereocenters. The normalized spacial score (nSPS) is 35.7. The van der Waals surface area contributed by atoms with Crippen molar-refractivity contribution in [3.63, 3.8) is 0 Å². The Morgan fingerprint density at radius 2 is 2.11 bits per heavy atom. The summed E-state index contributed by atoms with van der Waals surface area (Å²) in [6.07, 6.45) is 0.278. The first kappa shape index (κ1) is 14.6. The van der Waals surface area contributed by atoms with Crippen molar-refractivity contribution in [1.82, 2.24) is 4.90 Å². The van der Waals surface area contributed by atoms with Gasteiger partial charge in [-0.05, 0) is 33.6 Å². The Kier molecular flexibility index (Phi) is 3.77. The lowest BCUT2D eigenvalue weighted by Gasteiger charge is -2.52. The smallest absolute Gasteiger partial charge is 0.410 e. The lowest BCUT2D eigenvalue weighted by molar-refractivity contribution is -0.0903. The number of aliphatic hydroxyl groups excluding tert-OH is 1. The molecule has 0 aromatic heterocycles. The van der Waals surface area contributed by atoms with Crippen molar-refractivity contribution in [2.75, 3.05) is 19.8 Å². The van der Waals surface area contributed by atoms with E-state index in [1.165, 1.54) is 0 Å². The summed E-state index contributed by atoms with van der Waals surface area (Å²) < 4.78 is 10.9. The SMILES string of the molecule is CC(C)(C)OC(=O)N1CCOCC1C1(N)CC(O)C1. The molecule has 0 aromatic rings. The summed E-state index contributed by atoms with van der Waals surface area (Å²) in [5, 5.41) is 9.47. The number of amides is 1. The van der Waals surface area contributed by atoms with Crippen LogP contribution < -0.4 is 5.73 Å². The minimum absolute atomic E-state index is 0.223. The lowest BCUT2D eigenvalue weighted by atomic mass is 9.69. The van der Waals surface area contributed by atoms with E-state index in [1.54, 1.807) is 4.90 Å². The molecule has 6 heteroatoms. The summed E-state index contributed by atoms with van der Waals surface area (Å²) in [6, 6.07) is -0.223. The molecular formula is C13H24N2O4. The van der Waals surface area contributed by atoms with Crippen LogP contribution in [0.15, 0.2) is 0 Å². The van der Waals surface area contributed by atoms with Crippen LogP contribution in [0.5, 0.6) is 0 Å². The number of nitrogens with zero attached hydrogens (tertiary/aromatic N) is 1. The number of rotatable bonds is 1. The molecule has 6 nitrogen and oxygen atoms in total. The number of nitrogens with two attached hydrogens (primary N) is 1. The summed E-state index contributed by atoms with van der Waals surface area (Å²) >= 11 is 0. The van der Waals surface area contributed by atoms with E-state index in [2.05, 4.69) is 0 Å². The average molecular weight is 272 g/mol. The van der Waals surface area contributed by atoms with E-state index in [4.69, 9.17) is 15.2 Å². The summed E-state index contributed by atoms with van der Waals surface area (Å²) in [5.74, 6) is 0. The van der Waals surface area contributed by atoms with Gasteiger partial charge < -0.3 is 20.3 Å². The molecule has 1 atom stereocenters. The van der Waals surface area contributed by atoms with Gasteiger partial charge in [-0.25, -0.2) is 4.79 Å². The molecule has 0 spiro atoms. The van der Waals surface area contributed by atoms with Gasteiger partial charge in [0.15, 0.2) is 0 Å². The van der Waals surface area contributed by atoms with Gasteiger partial charge >= 0.3 is 6.09 Å². The molecule has 3 N–H and O–H groups in total. The van der Waals surface area contributed by atoms with Gasteiger partial charge in [0.2, 0.25) is 0 Å². The monoisotopic (exact) mass is 272 g/mol. The minimum atomic E-state index is -0.559. The molecule has 1 aliphatic heterocycles. The maximum absolute atomic E-state index is 12.2. The molecule has 19 heavy (non-hydrogen) atoms. The first-order chi connectivity index (χ1) is 8.71. The van der Waals surface area contributed by atoms with Crippen LogP contribution in [0, 0.1) is 0 Å². The third kappa shape index (κ3) is 3.19. The molecule has 1 saturated carbocycles. The number of carbonyl (C=O) groups excluding carboxylic acids is 1. The van der Waals surface area contributed by atoms with E-state index in [0.29, 0.717) is 32.6 Å². The Hall–Kier alpha value is -0.850. The molecule has 0 bridgehead atoms. The Labute approximate surface area is 113 Å². The van der Waals surface area contributed by atoms with Gasteiger partial charge in [-0.2, -0.15) is 0 Å². The quantitative estimate of drug-likeness (QED) is 0.725. The van der Waals surface area contributed by atoms with Gasteiger partial charge in [0.25, 0.3) is 0 Å². The highest BCUT2D eigenvalue weighted by molar-refractivity contribution is 5.69. The van der Waals surface area contributed by atoms with Gasteiger partial charge in [-0.1, -0.05) is 0 Å². The van der Waals surface area contributed by atoms with Gasteiger partial charge in [0.1, 0.15) is 5.60 Å². The van der Waals surface area contributed by atoms with Crippen LogP contribution in [0.3, 0.4) is 0 Å². The van der Waals surface area contributed by atoms with E-state index >= 15 is 0 Å². The molecule has 1 saturated heterocycles. The minimum Gasteiger partial charge on any atom is -0.444 e. The van der Waals surface area contributed by atoms with Crippen LogP contribution in [0.4, 0.5) is 4.79 Å². The second-order valence-corrected chi connectivity index (χ2v) is 6.56. The topological polar surface area (TPSA) is 85.0 Å². The summed E-state index contributed by atoms with van der Waals surface area (Å²) in [7, 11) is 0. The molecule has 2 fully saturated rings. The zero-order valence-electron chi connectivity index (χ0n) is 11.9. The highest BCUT2D eigenvalue weighted by atomic mass is 16.6. The zero-order chi connectivity index (χ0) is 14.3. The number of carbonyl (C=O) groups is 1. The van der Waals surface area contributed by atoms with Crippen molar-refractivity contribution in [1.29, 1.82) is 0 Å². The molecule has 0 radical (unpaired) electrons. The number of morpholine rings is 1. The summed E-state index contributed by atoms with van der Waals surface area (Å²) in [4.78, 5) is 13.9. The van der Waals surface area contributed by atoms with Crippen molar-refractivity contribution in [3.05, 3.63) is 0 Å². The Morgan fingerprint density at radius 3 is 2.63 bits per heavy atom. The van der Waals surface area contributed by atoms with Crippen molar-refractivity contribution in [2.24, 2.45) is 5.73 Å². The second-order valence-electron chi connectivity index (χ2n) is 6.56. The third-order valence-corrected chi connectivity index (χ3v) is 3.65. The average Bonchev–Trinajstić information content (AvgIpc) is 2.25. The second kappa shape index (κ2) is 4.92. The van der Waals surface area contributed by atoms with Gasteiger partial charge in [-0.3, -0.25) is 4.90 Å². The number of hydrogen-bond donors (Lipinski definition) is 2. The fraction of sp³-hybridized carbons (Fsp3) is 0.923.